The van der Waals surface area contributed by atoms with Gasteiger partial charge in [0.1, 0.15) is 5.69 Å². The van der Waals surface area contributed by atoms with Crippen LogP contribution in [0.15, 0.2) is 41.9 Å². The number of nitrogens with one attached hydrogen (secondary N) is 1. The number of hydrogen-bond donors (Lipinski definition) is 2. The Bertz CT molecular complexity index is 987. The Hall–Kier alpha value is -2.73. The normalized spacial score (nSPS) is 11.2. The zero-order valence-electron chi connectivity index (χ0n) is 10.7. The average molecular weight is 295 g/mol. The van der Waals surface area contributed by atoms with Crippen LogP contribution in [0.1, 0.15) is 10.5 Å². The first-order valence-electron chi connectivity index (χ1n) is 6.28. The molecule has 0 atom stereocenters. The second kappa shape index (κ2) is 4.39. The average Bonchev–Trinajstić information content (AvgIpc) is 3.12. The molecule has 6 heteroatoms. The van der Waals surface area contributed by atoms with E-state index in [-0.39, 0.29) is 5.69 Å². The summed E-state index contributed by atoms with van der Waals surface area (Å²) in [4.78, 5) is 22.8. The number of aromatic carboxylic acids is 1. The molecule has 102 valence electrons. The van der Waals surface area contributed by atoms with Crippen molar-refractivity contribution >= 4 is 38.6 Å². The number of nitrogens with zero attached hydrogens (tertiary/aromatic N) is 2. The van der Waals surface area contributed by atoms with Gasteiger partial charge >= 0.3 is 5.97 Å². The van der Waals surface area contributed by atoms with Crippen molar-refractivity contribution in [3.63, 3.8) is 0 Å². The lowest BCUT2D eigenvalue weighted by molar-refractivity contribution is 0.0691. The number of hydrogen-bond acceptors (Lipinski definition) is 4. The molecule has 0 amide bonds. The Kier molecular flexibility index (Phi) is 2.52. The molecule has 0 aliphatic rings. The van der Waals surface area contributed by atoms with Crippen LogP contribution < -0.4 is 0 Å². The van der Waals surface area contributed by atoms with Crippen molar-refractivity contribution in [1.82, 2.24) is 15.0 Å². The van der Waals surface area contributed by atoms with E-state index < -0.39 is 5.97 Å². The third-order valence-corrected chi connectivity index (χ3v) is 4.14. The lowest BCUT2D eigenvalue weighted by Crippen LogP contribution is -1.94. The molecule has 4 rings (SSSR count). The highest BCUT2D eigenvalue weighted by molar-refractivity contribution is 7.16. The summed E-state index contributed by atoms with van der Waals surface area (Å²) < 4.78 is 1.11. The fourth-order valence-electron chi connectivity index (χ4n) is 2.37. The summed E-state index contributed by atoms with van der Waals surface area (Å²) in [6, 6.07) is 11.2. The quantitative estimate of drug-likeness (QED) is 0.593. The Labute approximate surface area is 122 Å². The second-order valence-electron chi connectivity index (χ2n) is 4.62. The van der Waals surface area contributed by atoms with Gasteiger partial charge in [-0.3, -0.25) is 0 Å². The van der Waals surface area contributed by atoms with Crippen molar-refractivity contribution in [3.05, 3.63) is 47.6 Å². The van der Waals surface area contributed by atoms with E-state index in [0.717, 1.165) is 21.5 Å². The Balaban J connectivity index is 1.94. The summed E-state index contributed by atoms with van der Waals surface area (Å²) in [7, 11) is 0. The van der Waals surface area contributed by atoms with E-state index in [0.29, 0.717) is 11.0 Å². The van der Waals surface area contributed by atoms with Gasteiger partial charge in [0.05, 0.1) is 32.5 Å². The Morgan fingerprint density at radius 2 is 2.14 bits per heavy atom. The number of carboxylic acid groups (broad SMARTS) is 1. The number of H-pyrrole nitrogens is 1. The summed E-state index contributed by atoms with van der Waals surface area (Å²) in [5.74, 6) is -0.990. The number of benzene rings is 1. The lowest BCUT2D eigenvalue weighted by Gasteiger charge is -2.02. The van der Waals surface area contributed by atoms with Crippen molar-refractivity contribution in [3.8, 4) is 11.3 Å². The molecule has 0 saturated heterocycles. The van der Waals surface area contributed by atoms with Crippen LogP contribution in [-0.2, 0) is 0 Å². The number of carboxylic acids is 1. The van der Waals surface area contributed by atoms with Crippen LogP contribution in [0.4, 0.5) is 0 Å². The largest absolute Gasteiger partial charge is 0.477 e. The maximum absolute atomic E-state index is 11.0. The monoisotopic (exact) mass is 295 g/mol. The van der Waals surface area contributed by atoms with Gasteiger partial charge in [0.25, 0.3) is 0 Å². The minimum absolute atomic E-state index is 0.140. The van der Waals surface area contributed by atoms with Crippen LogP contribution in [0.5, 0.6) is 0 Å². The van der Waals surface area contributed by atoms with E-state index in [1.165, 1.54) is 0 Å². The summed E-state index contributed by atoms with van der Waals surface area (Å²) in [5.41, 5.74) is 5.96. The summed E-state index contributed by atoms with van der Waals surface area (Å²) in [6.07, 6.45) is 0. The number of rotatable bonds is 2. The zero-order valence-corrected chi connectivity index (χ0v) is 11.5. The third-order valence-electron chi connectivity index (χ3n) is 3.34. The standard InChI is InChI=1S/C15H9N3O2S/c19-15(20)12-6-11-10(18-12)5-4-9(17-11)8-2-1-3-13-14(8)16-7-21-13/h1-7,18H,(H,19,20). The SMILES string of the molecule is O=C(O)c1cc2nc(-c3cccc4scnc34)ccc2[nH]1. The van der Waals surface area contributed by atoms with E-state index in [1.54, 1.807) is 17.4 Å². The number of pyridine rings is 1. The molecule has 5 nitrogen and oxygen atoms in total. The fourth-order valence-corrected chi connectivity index (χ4v) is 3.07. The molecule has 0 unspecified atom stereocenters. The predicted octanol–water partition coefficient (Wildman–Crippen LogP) is 3.54. The first-order valence-corrected chi connectivity index (χ1v) is 7.16. The first kappa shape index (κ1) is 12.0. The molecular formula is C15H9N3O2S. The van der Waals surface area contributed by atoms with Gasteiger partial charge in [0, 0.05) is 5.56 Å². The van der Waals surface area contributed by atoms with E-state index >= 15 is 0 Å². The van der Waals surface area contributed by atoms with E-state index in [1.807, 2.05) is 35.8 Å². The molecule has 21 heavy (non-hydrogen) atoms. The topological polar surface area (TPSA) is 78.9 Å². The number of carbonyl (C=O) groups is 1. The first-order chi connectivity index (χ1) is 10.2. The van der Waals surface area contributed by atoms with Gasteiger partial charge in [-0.05, 0) is 24.3 Å². The molecule has 3 aromatic heterocycles. The highest BCUT2D eigenvalue weighted by atomic mass is 32.1. The van der Waals surface area contributed by atoms with Crippen molar-refractivity contribution in [2.45, 2.75) is 0 Å². The van der Waals surface area contributed by atoms with E-state index in [4.69, 9.17) is 5.11 Å². The fraction of sp³-hybridized carbons (Fsp3) is 0. The molecule has 0 bridgehead atoms. The molecular weight excluding hydrogens is 286 g/mol. The van der Waals surface area contributed by atoms with E-state index in [9.17, 15) is 4.79 Å². The number of thiazole rings is 1. The highest BCUT2D eigenvalue weighted by Gasteiger charge is 2.11. The van der Waals surface area contributed by atoms with Gasteiger partial charge in [-0.1, -0.05) is 12.1 Å². The number of fused-ring (bicyclic) bond motifs is 2. The van der Waals surface area contributed by atoms with Gasteiger partial charge < -0.3 is 10.1 Å². The molecule has 4 aromatic rings. The van der Waals surface area contributed by atoms with E-state index in [2.05, 4.69) is 15.0 Å². The van der Waals surface area contributed by atoms with Crippen molar-refractivity contribution < 1.29 is 9.90 Å². The summed E-state index contributed by atoms with van der Waals surface area (Å²) >= 11 is 1.59. The lowest BCUT2D eigenvalue weighted by atomic mass is 10.1. The minimum atomic E-state index is -0.990. The van der Waals surface area contributed by atoms with Gasteiger partial charge in [0.15, 0.2) is 0 Å². The summed E-state index contributed by atoms with van der Waals surface area (Å²) in [5, 5.41) is 9.02. The predicted molar refractivity (Wildman–Crippen MR) is 81.7 cm³/mol. The second-order valence-corrected chi connectivity index (χ2v) is 5.51. The highest BCUT2D eigenvalue weighted by Crippen LogP contribution is 2.29. The van der Waals surface area contributed by atoms with Crippen molar-refractivity contribution in [2.75, 3.05) is 0 Å². The smallest absolute Gasteiger partial charge is 0.352 e. The van der Waals surface area contributed by atoms with Crippen LogP contribution >= 0.6 is 11.3 Å². The maximum Gasteiger partial charge on any atom is 0.352 e. The van der Waals surface area contributed by atoms with Gasteiger partial charge in [0.2, 0.25) is 0 Å². The summed E-state index contributed by atoms with van der Waals surface area (Å²) in [6.45, 7) is 0. The van der Waals surface area contributed by atoms with Crippen LogP contribution in [0.2, 0.25) is 0 Å². The molecule has 0 radical (unpaired) electrons. The molecule has 0 aliphatic carbocycles. The van der Waals surface area contributed by atoms with Crippen LogP contribution in [0.3, 0.4) is 0 Å². The van der Waals surface area contributed by atoms with Gasteiger partial charge in [-0.25, -0.2) is 14.8 Å². The molecule has 0 fully saturated rings. The Morgan fingerprint density at radius 3 is 3.00 bits per heavy atom. The van der Waals surface area contributed by atoms with Crippen molar-refractivity contribution in [1.29, 1.82) is 0 Å². The molecule has 2 N–H and O–H groups in total. The number of aromatic nitrogens is 3. The van der Waals surface area contributed by atoms with Crippen molar-refractivity contribution in [2.24, 2.45) is 0 Å². The van der Waals surface area contributed by atoms with Gasteiger partial charge in [-0.15, -0.1) is 11.3 Å². The molecule has 0 aliphatic heterocycles. The van der Waals surface area contributed by atoms with Crippen LogP contribution in [0.25, 0.3) is 32.5 Å². The minimum Gasteiger partial charge on any atom is -0.477 e. The number of para-hydroxylation sites is 1. The van der Waals surface area contributed by atoms with Gasteiger partial charge in [-0.2, -0.15) is 0 Å². The zero-order chi connectivity index (χ0) is 14.4. The molecule has 0 spiro atoms. The molecule has 3 heterocycles. The molecule has 1 aromatic carbocycles. The third kappa shape index (κ3) is 1.88. The van der Waals surface area contributed by atoms with Crippen LogP contribution in [-0.4, -0.2) is 26.0 Å². The maximum atomic E-state index is 11.0. The molecule has 0 saturated carbocycles. The number of aromatic amines is 1. The van der Waals surface area contributed by atoms with Crippen LogP contribution in [0, 0.1) is 0 Å². The Morgan fingerprint density at radius 1 is 1.24 bits per heavy atom.